The number of carbonyl (C=O) groups is 2. The van der Waals surface area contributed by atoms with Crippen LogP contribution in [0.25, 0.3) is 0 Å². The Morgan fingerprint density at radius 1 is 1.61 bits per heavy atom. The van der Waals surface area contributed by atoms with E-state index in [9.17, 15) is 14.7 Å². The number of nitrogen functional groups attached to an aromatic ring is 1. The minimum Gasteiger partial charge on any atom is -0.479 e. The van der Waals surface area contributed by atoms with Gasteiger partial charge in [0.05, 0.1) is 0 Å². The molecule has 8 nitrogen and oxygen atoms in total. The van der Waals surface area contributed by atoms with Crippen molar-refractivity contribution in [2.75, 3.05) is 12.3 Å². The largest absolute Gasteiger partial charge is 0.479 e. The van der Waals surface area contributed by atoms with Crippen molar-refractivity contribution in [3.05, 3.63) is 5.82 Å². The molecule has 1 atom stereocenters. The highest BCUT2D eigenvalue weighted by Gasteiger charge is 2.49. The molecule has 1 aliphatic heterocycles. The van der Waals surface area contributed by atoms with Gasteiger partial charge in [-0.25, -0.2) is 4.79 Å². The Bertz CT molecular complexity index is 486. The minimum atomic E-state index is -1.14. The molecule has 1 aliphatic rings. The number of hydrogen-bond donors (Lipinski definition) is 3. The van der Waals surface area contributed by atoms with Gasteiger partial charge >= 0.3 is 5.97 Å². The summed E-state index contributed by atoms with van der Waals surface area (Å²) in [4.78, 5) is 28.7. The number of carboxylic acids is 1. The lowest BCUT2D eigenvalue weighted by Gasteiger charge is -2.33. The number of hydrogen-bond acceptors (Lipinski definition) is 5. The number of aromatic nitrogens is 3. The van der Waals surface area contributed by atoms with Crippen LogP contribution in [0.4, 0.5) is 5.95 Å². The molecule has 1 amide bonds. The summed E-state index contributed by atoms with van der Waals surface area (Å²) >= 11 is 0. The summed E-state index contributed by atoms with van der Waals surface area (Å²) < 4.78 is 0. The predicted molar refractivity (Wildman–Crippen MR) is 61.7 cm³/mol. The van der Waals surface area contributed by atoms with E-state index in [4.69, 9.17) is 5.73 Å². The molecule has 0 saturated carbocycles. The van der Waals surface area contributed by atoms with Gasteiger partial charge in [0.1, 0.15) is 5.54 Å². The minimum absolute atomic E-state index is 0.0199. The van der Waals surface area contributed by atoms with Crippen LogP contribution in [0.2, 0.25) is 0 Å². The van der Waals surface area contributed by atoms with Crippen LogP contribution in [0.15, 0.2) is 0 Å². The quantitative estimate of drug-likeness (QED) is 0.688. The van der Waals surface area contributed by atoms with Crippen LogP contribution in [0.1, 0.15) is 36.8 Å². The van der Waals surface area contributed by atoms with Gasteiger partial charge in [0.2, 0.25) is 11.8 Å². The van der Waals surface area contributed by atoms with Crippen molar-refractivity contribution < 1.29 is 14.7 Å². The summed E-state index contributed by atoms with van der Waals surface area (Å²) in [6.07, 6.45) is 1.47. The maximum atomic E-state index is 12.2. The molecule has 0 aliphatic carbocycles. The summed E-state index contributed by atoms with van der Waals surface area (Å²) in [5.41, 5.74) is 4.19. The van der Waals surface area contributed by atoms with Crippen molar-refractivity contribution in [1.29, 1.82) is 0 Å². The van der Waals surface area contributed by atoms with E-state index in [1.165, 1.54) is 4.90 Å². The van der Waals surface area contributed by atoms with E-state index >= 15 is 0 Å². The molecular formula is C10H15N5O3. The van der Waals surface area contributed by atoms with E-state index in [1.54, 1.807) is 6.92 Å². The fourth-order valence-electron chi connectivity index (χ4n) is 2.41. The van der Waals surface area contributed by atoms with E-state index in [0.717, 1.165) is 0 Å². The first-order valence-corrected chi connectivity index (χ1v) is 5.74. The highest BCUT2D eigenvalue weighted by Crippen LogP contribution is 2.33. The Balaban J connectivity index is 2.32. The molecule has 1 aromatic rings. The molecule has 1 aromatic heterocycles. The number of nitrogens with two attached hydrogens (primary N) is 1. The summed E-state index contributed by atoms with van der Waals surface area (Å²) in [7, 11) is 0. The van der Waals surface area contributed by atoms with Crippen molar-refractivity contribution in [2.24, 2.45) is 0 Å². The van der Waals surface area contributed by atoms with Crippen molar-refractivity contribution in [3.63, 3.8) is 0 Å². The molecule has 0 spiro atoms. The Labute approximate surface area is 103 Å². The number of aliphatic carboxylic acids is 1. The fourth-order valence-corrected chi connectivity index (χ4v) is 2.41. The van der Waals surface area contributed by atoms with E-state index in [-0.39, 0.29) is 11.8 Å². The standard InChI is InChI=1S/C10H15N5O3/c1-2-10(8(17)18)4-3-5-15(10)7(16)6-12-9(11)14-13-6/h2-5H2,1H3,(H,17,18)(H3,11,12,13,14). The molecule has 4 N–H and O–H groups in total. The van der Waals surface area contributed by atoms with Crippen molar-refractivity contribution in [1.82, 2.24) is 20.1 Å². The van der Waals surface area contributed by atoms with Crippen LogP contribution in [0, 0.1) is 0 Å². The molecule has 8 heteroatoms. The Morgan fingerprint density at radius 2 is 2.33 bits per heavy atom. The molecule has 0 aromatic carbocycles. The summed E-state index contributed by atoms with van der Waals surface area (Å²) in [5.74, 6) is -1.51. The van der Waals surface area contributed by atoms with Crippen LogP contribution in [-0.2, 0) is 4.79 Å². The number of carboxylic acid groups (broad SMARTS) is 1. The highest BCUT2D eigenvalue weighted by molar-refractivity contribution is 5.95. The van der Waals surface area contributed by atoms with Crippen LogP contribution < -0.4 is 5.73 Å². The SMILES string of the molecule is CCC1(C(=O)O)CCCN1C(=O)c1nc(N)n[nH]1. The lowest BCUT2D eigenvalue weighted by atomic mass is 9.93. The molecule has 18 heavy (non-hydrogen) atoms. The smallest absolute Gasteiger partial charge is 0.329 e. The van der Waals surface area contributed by atoms with Crippen molar-refractivity contribution >= 4 is 17.8 Å². The monoisotopic (exact) mass is 253 g/mol. The predicted octanol–water partition coefficient (Wildman–Crippen LogP) is -0.144. The number of anilines is 1. The van der Waals surface area contributed by atoms with E-state index in [0.29, 0.717) is 25.8 Å². The lowest BCUT2D eigenvalue weighted by molar-refractivity contribution is -0.148. The first-order chi connectivity index (χ1) is 8.51. The summed E-state index contributed by atoms with van der Waals surface area (Å²) in [5, 5.41) is 15.4. The number of amides is 1. The molecule has 98 valence electrons. The van der Waals surface area contributed by atoms with Crippen molar-refractivity contribution in [3.8, 4) is 0 Å². The molecule has 2 heterocycles. The van der Waals surface area contributed by atoms with Gasteiger partial charge in [-0.2, -0.15) is 4.98 Å². The fraction of sp³-hybridized carbons (Fsp3) is 0.600. The topological polar surface area (TPSA) is 125 Å². The van der Waals surface area contributed by atoms with Gasteiger partial charge in [0.25, 0.3) is 5.91 Å². The zero-order chi connectivity index (χ0) is 13.3. The van der Waals surface area contributed by atoms with Crippen LogP contribution in [0.3, 0.4) is 0 Å². The Morgan fingerprint density at radius 3 is 2.83 bits per heavy atom. The van der Waals surface area contributed by atoms with Crippen LogP contribution >= 0.6 is 0 Å². The van der Waals surface area contributed by atoms with Gasteiger partial charge in [-0.3, -0.25) is 9.89 Å². The Kier molecular flexibility index (Phi) is 2.93. The summed E-state index contributed by atoms with van der Waals surface area (Å²) in [6, 6.07) is 0. The maximum absolute atomic E-state index is 12.2. The zero-order valence-electron chi connectivity index (χ0n) is 10.0. The lowest BCUT2D eigenvalue weighted by Crippen LogP contribution is -2.52. The van der Waals surface area contributed by atoms with Crippen LogP contribution in [0.5, 0.6) is 0 Å². The second-order valence-electron chi connectivity index (χ2n) is 4.29. The molecule has 0 radical (unpaired) electrons. The Hall–Kier alpha value is -2.12. The van der Waals surface area contributed by atoms with Gasteiger partial charge in [-0.05, 0) is 19.3 Å². The van der Waals surface area contributed by atoms with Gasteiger partial charge in [0.15, 0.2) is 0 Å². The van der Waals surface area contributed by atoms with Gasteiger partial charge in [-0.15, -0.1) is 5.10 Å². The first kappa shape index (κ1) is 12.3. The van der Waals surface area contributed by atoms with E-state index < -0.39 is 17.4 Å². The number of nitrogens with zero attached hydrogens (tertiary/aromatic N) is 3. The molecule has 2 rings (SSSR count). The molecule has 1 unspecified atom stereocenters. The summed E-state index contributed by atoms with van der Waals surface area (Å²) in [6.45, 7) is 2.16. The average molecular weight is 253 g/mol. The number of H-pyrrole nitrogens is 1. The third-order valence-electron chi connectivity index (χ3n) is 3.42. The molecule has 1 saturated heterocycles. The van der Waals surface area contributed by atoms with E-state index in [1.807, 2.05) is 0 Å². The second-order valence-corrected chi connectivity index (χ2v) is 4.29. The van der Waals surface area contributed by atoms with Gasteiger partial charge < -0.3 is 15.7 Å². The maximum Gasteiger partial charge on any atom is 0.329 e. The van der Waals surface area contributed by atoms with Crippen LogP contribution in [-0.4, -0.2) is 49.1 Å². The third kappa shape index (κ3) is 1.69. The molecule has 1 fully saturated rings. The first-order valence-electron chi connectivity index (χ1n) is 5.74. The number of carbonyl (C=O) groups excluding carboxylic acids is 1. The number of likely N-dealkylation sites (tertiary alicyclic amines) is 1. The average Bonchev–Trinajstić information content (AvgIpc) is 2.94. The third-order valence-corrected chi connectivity index (χ3v) is 3.42. The zero-order valence-corrected chi connectivity index (χ0v) is 10.0. The van der Waals surface area contributed by atoms with Crippen molar-refractivity contribution in [2.45, 2.75) is 31.7 Å². The number of rotatable bonds is 3. The molecular weight excluding hydrogens is 238 g/mol. The number of aromatic amines is 1. The van der Waals surface area contributed by atoms with E-state index in [2.05, 4.69) is 15.2 Å². The normalized spacial score (nSPS) is 23.3. The van der Waals surface area contributed by atoms with Gasteiger partial charge in [0, 0.05) is 6.54 Å². The molecule has 0 bridgehead atoms. The highest BCUT2D eigenvalue weighted by atomic mass is 16.4. The van der Waals surface area contributed by atoms with Gasteiger partial charge in [-0.1, -0.05) is 6.92 Å². The number of nitrogens with one attached hydrogen (secondary N) is 1. The second kappa shape index (κ2) is 4.28.